The summed E-state index contributed by atoms with van der Waals surface area (Å²) in [7, 11) is 0. The molecule has 1 aliphatic heterocycles. The summed E-state index contributed by atoms with van der Waals surface area (Å²) in [5.41, 5.74) is 11.5. The Balaban J connectivity index is 2.22. The molecule has 0 bridgehead atoms. The third-order valence-corrected chi connectivity index (χ3v) is 3.51. The highest BCUT2D eigenvalue weighted by Crippen LogP contribution is 2.18. The predicted octanol–water partition coefficient (Wildman–Crippen LogP) is 0.146. The molecule has 0 aromatic heterocycles. The van der Waals surface area contributed by atoms with Crippen molar-refractivity contribution in [2.45, 2.75) is 12.6 Å². The van der Waals surface area contributed by atoms with E-state index >= 15 is 0 Å². The second-order valence-corrected chi connectivity index (χ2v) is 5.05. The molecule has 1 amide bonds. The molecule has 1 unspecified atom stereocenters. The van der Waals surface area contributed by atoms with Gasteiger partial charge >= 0.3 is 0 Å². The number of amides is 1. The molecular weight excluding hydrogens is 281 g/mol. The van der Waals surface area contributed by atoms with Crippen LogP contribution in [0.25, 0.3) is 0 Å². The van der Waals surface area contributed by atoms with Crippen LogP contribution < -0.4 is 11.5 Å². The molecule has 1 aliphatic rings. The average Bonchev–Trinajstić information content (AvgIpc) is 2.41. The van der Waals surface area contributed by atoms with Crippen molar-refractivity contribution in [3.8, 4) is 0 Å². The first-order valence-corrected chi connectivity index (χ1v) is 6.60. The monoisotopic (exact) mass is 297 g/mol. The number of nitrogens with two attached hydrogens (primary N) is 2. The molecule has 108 valence electrons. The molecule has 0 aliphatic carbocycles. The molecule has 0 spiro atoms. The number of thiocarbonyl (C=S) groups is 1. The van der Waals surface area contributed by atoms with E-state index in [1.807, 2.05) is 0 Å². The van der Waals surface area contributed by atoms with Crippen LogP contribution in [-0.4, -0.2) is 41.6 Å². The van der Waals surface area contributed by atoms with Crippen LogP contribution >= 0.6 is 12.2 Å². The smallest absolute Gasteiger partial charge is 0.237 e. The molecule has 0 radical (unpaired) electrons. The van der Waals surface area contributed by atoms with E-state index in [0.717, 1.165) is 0 Å². The predicted molar refractivity (Wildman–Crippen MR) is 76.5 cm³/mol. The first-order chi connectivity index (χ1) is 9.50. The van der Waals surface area contributed by atoms with Gasteiger partial charge in [0.1, 0.15) is 16.8 Å². The van der Waals surface area contributed by atoms with Crippen LogP contribution in [0.2, 0.25) is 0 Å². The number of hydrogen-bond donors (Lipinski definition) is 2. The summed E-state index contributed by atoms with van der Waals surface area (Å²) < 4.78 is 19.5. The molecule has 1 aromatic carbocycles. The van der Waals surface area contributed by atoms with Crippen molar-refractivity contribution in [1.82, 2.24) is 4.90 Å². The average molecular weight is 297 g/mol. The Morgan fingerprint density at radius 3 is 2.90 bits per heavy atom. The van der Waals surface area contributed by atoms with Gasteiger partial charge in [-0.1, -0.05) is 24.4 Å². The number of benzene rings is 1. The van der Waals surface area contributed by atoms with Crippen LogP contribution in [0.5, 0.6) is 0 Å². The molecule has 2 rings (SSSR count). The largest absolute Gasteiger partial charge is 0.389 e. The van der Waals surface area contributed by atoms with E-state index < -0.39 is 17.8 Å². The zero-order chi connectivity index (χ0) is 14.7. The fourth-order valence-electron chi connectivity index (χ4n) is 2.20. The number of ether oxygens (including phenoxy) is 1. The quantitative estimate of drug-likeness (QED) is 0.773. The Bertz CT molecular complexity index is 538. The second kappa shape index (κ2) is 6.25. The molecule has 7 heteroatoms. The highest BCUT2D eigenvalue weighted by atomic mass is 32.1. The number of carbonyl (C=O) groups excluding carboxylic acids is 1. The highest BCUT2D eigenvalue weighted by molar-refractivity contribution is 7.80. The molecule has 1 heterocycles. The molecule has 4 N–H and O–H groups in total. The van der Waals surface area contributed by atoms with Crippen LogP contribution in [-0.2, 0) is 16.1 Å². The summed E-state index contributed by atoms with van der Waals surface area (Å²) in [5.74, 6) is -0.926. The SMILES string of the molecule is NC(=O)C1COCCN1Cc1cccc(C(N)=S)c1F. The van der Waals surface area contributed by atoms with Crippen molar-refractivity contribution in [2.24, 2.45) is 11.5 Å². The number of halogens is 1. The van der Waals surface area contributed by atoms with Crippen molar-refractivity contribution in [2.75, 3.05) is 19.8 Å². The van der Waals surface area contributed by atoms with Gasteiger partial charge in [-0.25, -0.2) is 4.39 Å². The van der Waals surface area contributed by atoms with Crippen LogP contribution in [0.3, 0.4) is 0 Å². The lowest BCUT2D eigenvalue weighted by atomic mass is 10.1. The zero-order valence-corrected chi connectivity index (χ0v) is 11.7. The van der Waals surface area contributed by atoms with Gasteiger partial charge in [-0.05, 0) is 6.07 Å². The van der Waals surface area contributed by atoms with Crippen molar-refractivity contribution < 1.29 is 13.9 Å². The number of rotatable bonds is 4. The van der Waals surface area contributed by atoms with Crippen molar-refractivity contribution in [1.29, 1.82) is 0 Å². The minimum Gasteiger partial charge on any atom is -0.389 e. The number of nitrogens with zero attached hydrogens (tertiary/aromatic N) is 1. The van der Waals surface area contributed by atoms with Crippen LogP contribution in [0, 0.1) is 5.82 Å². The van der Waals surface area contributed by atoms with Gasteiger partial charge in [0.25, 0.3) is 0 Å². The number of primary amides is 1. The third-order valence-electron chi connectivity index (χ3n) is 3.29. The van der Waals surface area contributed by atoms with Crippen LogP contribution in [0.1, 0.15) is 11.1 Å². The van der Waals surface area contributed by atoms with Gasteiger partial charge in [0, 0.05) is 24.2 Å². The summed E-state index contributed by atoms with van der Waals surface area (Å²) in [6.07, 6.45) is 0. The molecular formula is C13H16FN3O2S. The maximum atomic E-state index is 14.3. The molecule has 20 heavy (non-hydrogen) atoms. The number of hydrogen-bond acceptors (Lipinski definition) is 4. The van der Waals surface area contributed by atoms with E-state index in [4.69, 9.17) is 28.4 Å². The summed E-state index contributed by atoms with van der Waals surface area (Å²) in [5, 5.41) is 0. The molecule has 5 nitrogen and oxygen atoms in total. The van der Waals surface area contributed by atoms with E-state index in [9.17, 15) is 9.18 Å². The van der Waals surface area contributed by atoms with E-state index in [1.54, 1.807) is 17.0 Å². The van der Waals surface area contributed by atoms with Crippen LogP contribution in [0.15, 0.2) is 18.2 Å². The van der Waals surface area contributed by atoms with Gasteiger partial charge < -0.3 is 16.2 Å². The van der Waals surface area contributed by atoms with Gasteiger partial charge in [-0.15, -0.1) is 0 Å². The topological polar surface area (TPSA) is 81.6 Å². The fourth-order valence-corrected chi connectivity index (χ4v) is 2.36. The van der Waals surface area contributed by atoms with Crippen molar-refractivity contribution >= 4 is 23.1 Å². The van der Waals surface area contributed by atoms with Gasteiger partial charge in [-0.3, -0.25) is 9.69 Å². The second-order valence-electron chi connectivity index (χ2n) is 4.61. The van der Waals surface area contributed by atoms with Crippen molar-refractivity contribution in [3.63, 3.8) is 0 Å². The lowest BCUT2D eigenvalue weighted by Gasteiger charge is -2.33. The van der Waals surface area contributed by atoms with Gasteiger partial charge in [-0.2, -0.15) is 0 Å². The van der Waals surface area contributed by atoms with Gasteiger partial charge in [0.05, 0.1) is 13.2 Å². The van der Waals surface area contributed by atoms with E-state index in [1.165, 1.54) is 6.07 Å². The molecule has 0 saturated carbocycles. The molecule has 1 atom stereocenters. The van der Waals surface area contributed by atoms with Crippen LogP contribution in [0.4, 0.5) is 4.39 Å². The van der Waals surface area contributed by atoms with E-state index in [0.29, 0.717) is 18.7 Å². The lowest BCUT2D eigenvalue weighted by Crippen LogP contribution is -2.51. The Labute approximate surface area is 121 Å². The first kappa shape index (κ1) is 14.8. The zero-order valence-electron chi connectivity index (χ0n) is 10.8. The summed E-state index contributed by atoms with van der Waals surface area (Å²) in [4.78, 5) is 13.2. The Morgan fingerprint density at radius 1 is 1.50 bits per heavy atom. The Hall–Kier alpha value is -1.57. The molecule has 1 aromatic rings. The Morgan fingerprint density at radius 2 is 2.25 bits per heavy atom. The molecule has 1 fully saturated rings. The normalized spacial score (nSPS) is 19.8. The molecule has 1 saturated heterocycles. The van der Waals surface area contributed by atoms with E-state index in [-0.39, 0.29) is 23.7 Å². The maximum absolute atomic E-state index is 14.3. The maximum Gasteiger partial charge on any atom is 0.237 e. The number of morpholine rings is 1. The van der Waals surface area contributed by atoms with Gasteiger partial charge in [0.2, 0.25) is 5.91 Å². The van der Waals surface area contributed by atoms with Gasteiger partial charge in [0.15, 0.2) is 0 Å². The number of carbonyl (C=O) groups is 1. The van der Waals surface area contributed by atoms with E-state index in [2.05, 4.69) is 0 Å². The highest BCUT2D eigenvalue weighted by Gasteiger charge is 2.28. The first-order valence-electron chi connectivity index (χ1n) is 6.19. The minimum atomic E-state index is -0.545. The standard InChI is InChI=1S/C13H16FN3O2S/c14-11-8(2-1-3-9(11)13(16)20)6-17-4-5-19-7-10(17)12(15)18/h1-3,10H,4-7H2,(H2,15,18)(H2,16,20). The Kier molecular flexibility index (Phi) is 4.64. The fraction of sp³-hybridized carbons (Fsp3) is 0.385. The summed E-state index contributed by atoms with van der Waals surface area (Å²) in [6, 6.07) is 4.32. The minimum absolute atomic E-state index is 0.0118. The third kappa shape index (κ3) is 3.12. The summed E-state index contributed by atoms with van der Waals surface area (Å²) >= 11 is 4.81. The summed E-state index contributed by atoms with van der Waals surface area (Å²) in [6.45, 7) is 1.50. The lowest BCUT2D eigenvalue weighted by molar-refractivity contribution is -0.129. The van der Waals surface area contributed by atoms with Crippen molar-refractivity contribution in [3.05, 3.63) is 35.1 Å².